The van der Waals surface area contributed by atoms with Crippen LogP contribution in [0.4, 0.5) is 0 Å². The van der Waals surface area contributed by atoms with Gasteiger partial charge in [-0.15, -0.1) is 0 Å². The predicted molar refractivity (Wildman–Crippen MR) is 99.4 cm³/mol. The van der Waals surface area contributed by atoms with Crippen LogP contribution in [0.15, 0.2) is 54.6 Å². The Morgan fingerprint density at radius 3 is 2.42 bits per heavy atom. The van der Waals surface area contributed by atoms with Crippen LogP contribution in [-0.4, -0.2) is 36.5 Å². The van der Waals surface area contributed by atoms with Gasteiger partial charge in [-0.1, -0.05) is 42.5 Å². The average molecular weight is 358 g/mol. The lowest BCUT2D eigenvalue weighted by Crippen LogP contribution is -2.29. The molecular formula is C21H26O5. The van der Waals surface area contributed by atoms with Crippen LogP contribution in [0.5, 0.6) is 5.75 Å². The zero-order valence-corrected chi connectivity index (χ0v) is 15.3. The lowest BCUT2D eigenvalue weighted by Gasteiger charge is -2.17. The standard InChI is InChI=1S/C21H26O5/c1-16(2)26-20(21(22)23)14-18-9-6-10-19(13-18)25-12-11-24-15-17-7-4-3-5-8-17/h3-10,13,16,20H,11-12,14-15H2,1-2H3,(H,22,23). The molecule has 0 amide bonds. The van der Waals surface area contributed by atoms with E-state index < -0.39 is 12.1 Å². The first-order valence-electron chi connectivity index (χ1n) is 8.76. The molecule has 0 fully saturated rings. The monoisotopic (exact) mass is 358 g/mol. The minimum Gasteiger partial charge on any atom is -0.491 e. The summed E-state index contributed by atoms with van der Waals surface area (Å²) < 4.78 is 16.7. The van der Waals surface area contributed by atoms with Crippen LogP contribution in [0.2, 0.25) is 0 Å². The van der Waals surface area contributed by atoms with Crippen molar-refractivity contribution in [3.05, 3.63) is 65.7 Å². The first-order valence-corrected chi connectivity index (χ1v) is 8.76. The lowest BCUT2D eigenvalue weighted by molar-refractivity contribution is -0.153. The maximum absolute atomic E-state index is 11.3. The Balaban J connectivity index is 1.78. The molecule has 2 aromatic carbocycles. The van der Waals surface area contributed by atoms with E-state index in [1.807, 2.05) is 68.4 Å². The molecule has 5 heteroatoms. The van der Waals surface area contributed by atoms with E-state index in [0.717, 1.165) is 11.1 Å². The van der Waals surface area contributed by atoms with Crippen LogP contribution in [0.1, 0.15) is 25.0 Å². The Kier molecular flexibility index (Phi) is 8.12. The van der Waals surface area contributed by atoms with Crippen molar-refractivity contribution in [2.75, 3.05) is 13.2 Å². The second-order valence-corrected chi connectivity index (χ2v) is 6.25. The number of hydrogen-bond donors (Lipinski definition) is 1. The Morgan fingerprint density at radius 1 is 1.00 bits per heavy atom. The molecule has 5 nitrogen and oxygen atoms in total. The van der Waals surface area contributed by atoms with Gasteiger partial charge in [-0.3, -0.25) is 0 Å². The molecule has 2 aromatic rings. The summed E-state index contributed by atoms with van der Waals surface area (Å²) in [5.74, 6) is -0.265. The summed E-state index contributed by atoms with van der Waals surface area (Å²) in [6, 6.07) is 17.4. The van der Waals surface area contributed by atoms with Crippen LogP contribution in [0, 0.1) is 0 Å². The Bertz CT molecular complexity index is 669. The smallest absolute Gasteiger partial charge is 0.333 e. The number of ether oxygens (including phenoxy) is 3. The SMILES string of the molecule is CC(C)OC(Cc1cccc(OCCOCc2ccccc2)c1)C(=O)O. The van der Waals surface area contributed by atoms with E-state index in [-0.39, 0.29) is 6.10 Å². The van der Waals surface area contributed by atoms with Crippen molar-refractivity contribution in [3.63, 3.8) is 0 Å². The van der Waals surface area contributed by atoms with Crippen LogP contribution >= 0.6 is 0 Å². The molecular weight excluding hydrogens is 332 g/mol. The van der Waals surface area contributed by atoms with E-state index in [0.29, 0.717) is 32.0 Å². The molecule has 140 valence electrons. The molecule has 0 saturated heterocycles. The van der Waals surface area contributed by atoms with Crippen molar-refractivity contribution in [3.8, 4) is 5.75 Å². The van der Waals surface area contributed by atoms with Crippen molar-refractivity contribution in [2.24, 2.45) is 0 Å². The number of hydrogen-bond acceptors (Lipinski definition) is 4. The highest BCUT2D eigenvalue weighted by atomic mass is 16.5. The maximum Gasteiger partial charge on any atom is 0.333 e. The molecule has 0 heterocycles. The second kappa shape index (κ2) is 10.6. The highest BCUT2D eigenvalue weighted by Crippen LogP contribution is 2.16. The average Bonchev–Trinajstić information content (AvgIpc) is 2.62. The van der Waals surface area contributed by atoms with Crippen LogP contribution < -0.4 is 4.74 Å². The van der Waals surface area contributed by atoms with Gasteiger partial charge >= 0.3 is 5.97 Å². The summed E-state index contributed by atoms with van der Waals surface area (Å²) in [5.41, 5.74) is 1.99. The van der Waals surface area contributed by atoms with Gasteiger partial charge in [0.05, 0.1) is 19.3 Å². The van der Waals surface area contributed by atoms with Crippen molar-refractivity contribution < 1.29 is 24.1 Å². The largest absolute Gasteiger partial charge is 0.491 e. The van der Waals surface area contributed by atoms with Crippen LogP contribution in [0.3, 0.4) is 0 Å². The summed E-state index contributed by atoms with van der Waals surface area (Å²) in [5, 5.41) is 9.27. The van der Waals surface area contributed by atoms with E-state index in [1.165, 1.54) is 0 Å². The minimum absolute atomic E-state index is 0.141. The van der Waals surface area contributed by atoms with E-state index in [2.05, 4.69) is 0 Å². The van der Waals surface area contributed by atoms with Gasteiger partial charge in [-0.25, -0.2) is 4.79 Å². The van der Waals surface area contributed by atoms with Crippen molar-refractivity contribution in [1.82, 2.24) is 0 Å². The summed E-state index contributed by atoms with van der Waals surface area (Å²) in [6.07, 6.45) is -0.702. The normalized spacial score (nSPS) is 12.1. The number of carboxylic acids is 1. The van der Waals surface area contributed by atoms with Gasteiger partial charge in [0.2, 0.25) is 0 Å². The molecule has 1 N–H and O–H groups in total. The molecule has 1 atom stereocenters. The van der Waals surface area contributed by atoms with Crippen molar-refractivity contribution in [1.29, 1.82) is 0 Å². The third kappa shape index (κ3) is 7.25. The van der Waals surface area contributed by atoms with Crippen molar-refractivity contribution in [2.45, 2.75) is 39.1 Å². The first-order chi connectivity index (χ1) is 12.5. The van der Waals surface area contributed by atoms with Gasteiger partial charge in [0.25, 0.3) is 0 Å². The van der Waals surface area contributed by atoms with Gasteiger partial charge in [0.1, 0.15) is 12.4 Å². The Hall–Kier alpha value is -2.37. The molecule has 0 radical (unpaired) electrons. The fraction of sp³-hybridized carbons (Fsp3) is 0.381. The third-order valence-electron chi connectivity index (χ3n) is 3.64. The number of benzene rings is 2. The number of aliphatic carboxylic acids is 1. The highest BCUT2D eigenvalue weighted by Gasteiger charge is 2.20. The van der Waals surface area contributed by atoms with Gasteiger partial charge in [0.15, 0.2) is 6.10 Å². The van der Waals surface area contributed by atoms with Gasteiger partial charge in [-0.05, 0) is 37.1 Å². The minimum atomic E-state index is -0.959. The van der Waals surface area contributed by atoms with E-state index in [4.69, 9.17) is 14.2 Å². The van der Waals surface area contributed by atoms with Gasteiger partial charge in [0, 0.05) is 6.42 Å². The molecule has 0 aliphatic heterocycles. The Labute approximate surface area is 154 Å². The number of carboxylic acid groups (broad SMARTS) is 1. The maximum atomic E-state index is 11.3. The van der Waals surface area contributed by atoms with Gasteiger partial charge in [-0.2, -0.15) is 0 Å². The molecule has 0 aliphatic carbocycles. The molecule has 2 rings (SSSR count). The summed E-state index contributed by atoms with van der Waals surface area (Å²) in [4.78, 5) is 11.3. The molecule has 0 saturated carbocycles. The first kappa shape index (κ1) is 19.9. The summed E-state index contributed by atoms with van der Waals surface area (Å²) in [7, 11) is 0. The summed E-state index contributed by atoms with van der Waals surface area (Å²) in [6.45, 7) is 5.11. The zero-order chi connectivity index (χ0) is 18.8. The molecule has 0 bridgehead atoms. The lowest BCUT2D eigenvalue weighted by atomic mass is 10.1. The fourth-order valence-corrected chi connectivity index (χ4v) is 2.48. The number of rotatable bonds is 11. The molecule has 1 unspecified atom stereocenters. The predicted octanol–water partition coefficient (Wildman–Crippen LogP) is 3.70. The topological polar surface area (TPSA) is 65.0 Å². The Morgan fingerprint density at radius 2 is 1.73 bits per heavy atom. The summed E-state index contributed by atoms with van der Waals surface area (Å²) >= 11 is 0. The number of carbonyl (C=O) groups is 1. The molecule has 0 spiro atoms. The quantitative estimate of drug-likeness (QED) is 0.621. The highest BCUT2D eigenvalue weighted by molar-refractivity contribution is 5.72. The van der Waals surface area contributed by atoms with E-state index in [1.54, 1.807) is 0 Å². The second-order valence-electron chi connectivity index (χ2n) is 6.25. The fourth-order valence-electron chi connectivity index (χ4n) is 2.48. The van der Waals surface area contributed by atoms with E-state index >= 15 is 0 Å². The van der Waals surface area contributed by atoms with Crippen molar-refractivity contribution >= 4 is 5.97 Å². The van der Waals surface area contributed by atoms with Gasteiger partial charge < -0.3 is 19.3 Å². The molecule has 0 aliphatic rings. The molecule has 26 heavy (non-hydrogen) atoms. The molecule has 0 aromatic heterocycles. The van der Waals surface area contributed by atoms with Crippen LogP contribution in [-0.2, 0) is 27.3 Å². The third-order valence-corrected chi connectivity index (χ3v) is 3.64. The van der Waals surface area contributed by atoms with Crippen LogP contribution in [0.25, 0.3) is 0 Å². The zero-order valence-electron chi connectivity index (χ0n) is 15.3. The van der Waals surface area contributed by atoms with E-state index in [9.17, 15) is 9.90 Å².